The fourth-order valence-corrected chi connectivity index (χ4v) is 3.00. The standard InChI is InChI=1S/C22H22N6O2/c1-3-28-22(30)19-8-5-4-7-18(19)20(26-28)21(29)25-24-15-16-9-11-17(12-10-16)27(2)14-6-13-23/h4-5,7-12,15H,3,6,14H2,1-2H3,(H,25,29)/b24-15-. The number of carbonyl (C=O) groups excluding carboxylic acids is 1. The van der Waals surface area contributed by atoms with Crippen molar-refractivity contribution >= 4 is 28.6 Å². The Bertz CT molecular complexity index is 1170. The number of amides is 1. The third-order valence-electron chi connectivity index (χ3n) is 4.65. The van der Waals surface area contributed by atoms with Crippen LogP contribution < -0.4 is 15.9 Å². The van der Waals surface area contributed by atoms with Gasteiger partial charge in [0.1, 0.15) is 0 Å². The lowest BCUT2D eigenvalue weighted by Gasteiger charge is -2.17. The molecule has 0 radical (unpaired) electrons. The van der Waals surface area contributed by atoms with Crippen LogP contribution in [0.5, 0.6) is 0 Å². The van der Waals surface area contributed by atoms with Crippen LogP contribution in [0.1, 0.15) is 29.4 Å². The van der Waals surface area contributed by atoms with Gasteiger partial charge < -0.3 is 4.90 Å². The smallest absolute Gasteiger partial charge is 0.292 e. The molecule has 0 aliphatic carbocycles. The molecule has 0 aliphatic rings. The van der Waals surface area contributed by atoms with E-state index in [4.69, 9.17) is 5.26 Å². The van der Waals surface area contributed by atoms with Gasteiger partial charge in [-0.05, 0) is 30.7 Å². The molecule has 30 heavy (non-hydrogen) atoms. The van der Waals surface area contributed by atoms with Crippen LogP contribution in [0.15, 0.2) is 58.4 Å². The van der Waals surface area contributed by atoms with E-state index in [0.29, 0.717) is 30.3 Å². The summed E-state index contributed by atoms with van der Waals surface area (Å²) in [6, 6.07) is 16.6. The van der Waals surface area contributed by atoms with Gasteiger partial charge in [-0.25, -0.2) is 10.1 Å². The predicted molar refractivity (Wildman–Crippen MR) is 117 cm³/mol. The van der Waals surface area contributed by atoms with Crippen molar-refractivity contribution in [1.29, 1.82) is 5.26 Å². The van der Waals surface area contributed by atoms with Crippen LogP contribution >= 0.6 is 0 Å². The Balaban J connectivity index is 1.75. The van der Waals surface area contributed by atoms with Gasteiger partial charge in [-0.2, -0.15) is 15.5 Å². The Hall–Kier alpha value is -3.99. The quantitative estimate of drug-likeness (QED) is 0.483. The zero-order chi connectivity index (χ0) is 21.5. The number of hydrogen-bond acceptors (Lipinski definition) is 6. The van der Waals surface area contributed by atoms with Gasteiger partial charge >= 0.3 is 0 Å². The second-order valence-corrected chi connectivity index (χ2v) is 6.64. The van der Waals surface area contributed by atoms with E-state index in [1.807, 2.05) is 36.2 Å². The van der Waals surface area contributed by atoms with Crippen LogP contribution in [0.3, 0.4) is 0 Å². The van der Waals surface area contributed by atoms with Crippen molar-refractivity contribution in [2.24, 2.45) is 5.10 Å². The number of aromatic nitrogens is 2. The van der Waals surface area contributed by atoms with Crippen LogP contribution in [-0.4, -0.2) is 35.5 Å². The van der Waals surface area contributed by atoms with Crippen LogP contribution in [0.25, 0.3) is 10.8 Å². The third-order valence-corrected chi connectivity index (χ3v) is 4.65. The zero-order valence-corrected chi connectivity index (χ0v) is 16.9. The van der Waals surface area contributed by atoms with Crippen molar-refractivity contribution in [3.63, 3.8) is 0 Å². The molecule has 0 atom stereocenters. The molecule has 0 saturated heterocycles. The highest BCUT2D eigenvalue weighted by Crippen LogP contribution is 2.14. The zero-order valence-electron chi connectivity index (χ0n) is 16.9. The molecule has 152 valence electrons. The second kappa shape index (κ2) is 9.47. The summed E-state index contributed by atoms with van der Waals surface area (Å²) in [7, 11) is 1.92. The minimum absolute atomic E-state index is 0.152. The van der Waals surface area contributed by atoms with E-state index in [9.17, 15) is 9.59 Å². The summed E-state index contributed by atoms with van der Waals surface area (Å²) in [6.45, 7) is 2.81. The lowest BCUT2D eigenvalue weighted by molar-refractivity contribution is 0.0949. The van der Waals surface area contributed by atoms with Gasteiger partial charge in [0.05, 0.1) is 24.1 Å². The number of nitrogens with zero attached hydrogens (tertiary/aromatic N) is 5. The van der Waals surface area contributed by atoms with Crippen molar-refractivity contribution in [2.45, 2.75) is 19.9 Å². The van der Waals surface area contributed by atoms with Crippen molar-refractivity contribution in [3.8, 4) is 6.07 Å². The lowest BCUT2D eigenvalue weighted by Crippen LogP contribution is -2.28. The van der Waals surface area contributed by atoms with Gasteiger partial charge in [0.25, 0.3) is 11.5 Å². The fraction of sp³-hybridized carbons (Fsp3) is 0.227. The van der Waals surface area contributed by atoms with Gasteiger partial charge in [0, 0.05) is 31.2 Å². The molecule has 8 nitrogen and oxygen atoms in total. The Labute approximate surface area is 174 Å². The number of anilines is 1. The summed E-state index contributed by atoms with van der Waals surface area (Å²) in [5.41, 5.74) is 4.20. The third kappa shape index (κ3) is 4.52. The highest BCUT2D eigenvalue weighted by atomic mass is 16.2. The number of hydrogen-bond donors (Lipinski definition) is 1. The number of carbonyl (C=O) groups is 1. The number of fused-ring (bicyclic) bond motifs is 1. The first-order valence-corrected chi connectivity index (χ1v) is 9.56. The molecule has 3 rings (SSSR count). The topological polar surface area (TPSA) is 103 Å². The number of benzene rings is 2. The molecular formula is C22H22N6O2. The Morgan fingerprint density at radius 1 is 1.23 bits per heavy atom. The summed E-state index contributed by atoms with van der Waals surface area (Å²) >= 11 is 0. The maximum atomic E-state index is 12.6. The fourth-order valence-electron chi connectivity index (χ4n) is 3.00. The summed E-state index contributed by atoms with van der Waals surface area (Å²) in [5.74, 6) is -0.488. The molecule has 0 bridgehead atoms. The largest absolute Gasteiger partial charge is 0.374 e. The van der Waals surface area contributed by atoms with Crippen molar-refractivity contribution in [3.05, 3.63) is 70.1 Å². The van der Waals surface area contributed by atoms with Crippen LogP contribution in [0, 0.1) is 11.3 Å². The predicted octanol–water partition coefficient (Wildman–Crippen LogP) is 2.53. The number of nitrogens with one attached hydrogen (secondary N) is 1. The van der Waals surface area contributed by atoms with Crippen LogP contribution in [0.4, 0.5) is 5.69 Å². The van der Waals surface area contributed by atoms with E-state index in [0.717, 1.165) is 11.3 Å². The molecule has 1 amide bonds. The average molecular weight is 402 g/mol. The molecule has 0 unspecified atom stereocenters. The number of hydrazone groups is 1. The molecule has 3 aromatic rings. The van der Waals surface area contributed by atoms with Gasteiger partial charge in [0.2, 0.25) is 0 Å². The maximum absolute atomic E-state index is 12.6. The van der Waals surface area contributed by atoms with E-state index in [-0.39, 0.29) is 11.3 Å². The monoisotopic (exact) mass is 402 g/mol. The Kier molecular flexibility index (Phi) is 6.55. The molecule has 1 N–H and O–H groups in total. The molecule has 1 aromatic heterocycles. The summed E-state index contributed by atoms with van der Waals surface area (Å²) < 4.78 is 1.27. The maximum Gasteiger partial charge on any atom is 0.292 e. The summed E-state index contributed by atoms with van der Waals surface area (Å²) in [4.78, 5) is 27.0. The lowest BCUT2D eigenvalue weighted by atomic mass is 10.1. The van der Waals surface area contributed by atoms with E-state index >= 15 is 0 Å². The molecule has 0 spiro atoms. The molecule has 2 aromatic carbocycles. The first kappa shape index (κ1) is 20.7. The SMILES string of the molecule is CCn1nc(C(=O)N/N=C\c2ccc(N(C)CCC#N)cc2)c2ccccc2c1=O. The van der Waals surface area contributed by atoms with Gasteiger partial charge in [-0.1, -0.05) is 30.3 Å². The van der Waals surface area contributed by atoms with E-state index in [1.165, 1.54) is 10.9 Å². The van der Waals surface area contributed by atoms with Crippen molar-refractivity contribution in [2.75, 3.05) is 18.5 Å². The average Bonchev–Trinajstić information content (AvgIpc) is 2.78. The summed E-state index contributed by atoms with van der Waals surface area (Å²) in [5, 5.41) is 17.8. The van der Waals surface area contributed by atoms with E-state index < -0.39 is 5.91 Å². The first-order valence-electron chi connectivity index (χ1n) is 9.56. The molecule has 1 heterocycles. The highest BCUT2D eigenvalue weighted by molar-refractivity contribution is 6.04. The van der Waals surface area contributed by atoms with Crippen molar-refractivity contribution < 1.29 is 4.79 Å². The highest BCUT2D eigenvalue weighted by Gasteiger charge is 2.15. The number of aryl methyl sites for hydroxylation is 1. The van der Waals surface area contributed by atoms with Crippen LogP contribution in [0.2, 0.25) is 0 Å². The first-order chi connectivity index (χ1) is 14.5. The second-order valence-electron chi connectivity index (χ2n) is 6.64. The molecule has 0 saturated carbocycles. The van der Waals surface area contributed by atoms with Gasteiger partial charge in [0.15, 0.2) is 5.69 Å². The molecule has 0 aliphatic heterocycles. The number of nitriles is 1. The van der Waals surface area contributed by atoms with Gasteiger partial charge in [-0.3, -0.25) is 9.59 Å². The van der Waals surface area contributed by atoms with E-state index in [2.05, 4.69) is 21.7 Å². The normalized spacial score (nSPS) is 10.8. The van der Waals surface area contributed by atoms with Crippen molar-refractivity contribution in [1.82, 2.24) is 15.2 Å². The Morgan fingerprint density at radius 3 is 2.60 bits per heavy atom. The molecule has 8 heteroatoms. The number of rotatable bonds is 7. The van der Waals surface area contributed by atoms with E-state index in [1.54, 1.807) is 31.2 Å². The molecular weight excluding hydrogens is 380 g/mol. The minimum Gasteiger partial charge on any atom is -0.374 e. The van der Waals surface area contributed by atoms with Gasteiger partial charge in [-0.15, -0.1) is 0 Å². The minimum atomic E-state index is -0.488. The van der Waals surface area contributed by atoms with Crippen LogP contribution in [-0.2, 0) is 6.54 Å². The summed E-state index contributed by atoms with van der Waals surface area (Å²) in [6.07, 6.45) is 1.99. The molecule has 0 fully saturated rings. The Morgan fingerprint density at radius 2 is 1.93 bits per heavy atom.